The summed E-state index contributed by atoms with van der Waals surface area (Å²) in [6, 6.07) is -0.0710. The van der Waals surface area contributed by atoms with Crippen molar-refractivity contribution in [3.63, 3.8) is 0 Å². The molecule has 2 N–H and O–H groups in total. The van der Waals surface area contributed by atoms with Gasteiger partial charge in [0.25, 0.3) is 0 Å². The lowest BCUT2D eigenvalue weighted by atomic mass is 9.89. The molecule has 84 valence electrons. The van der Waals surface area contributed by atoms with Crippen molar-refractivity contribution in [2.24, 2.45) is 5.41 Å². The molecule has 1 rings (SSSR count). The van der Waals surface area contributed by atoms with E-state index in [1.807, 2.05) is 27.7 Å². The molecule has 0 aliphatic carbocycles. The molecular weight excluding hydrogens is 190 g/mol. The van der Waals surface area contributed by atoms with E-state index >= 15 is 0 Å². The molecule has 1 heterocycles. The normalized spacial score (nSPS) is 13.6. The first kappa shape index (κ1) is 11.8. The second kappa shape index (κ2) is 4.47. The SMILES string of the molecule is CCC(C)(C)C(=O)NC(C)c1ncc[nH]1. The molecule has 1 atom stereocenters. The highest BCUT2D eigenvalue weighted by Crippen LogP contribution is 2.21. The lowest BCUT2D eigenvalue weighted by Crippen LogP contribution is -2.38. The van der Waals surface area contributed by atoms with Crippen molar-refractivity contribution < 1.29 is 4.79 Å². The van der Waals surface area contributed by atoms with E-state index in [2.05, 4.69) is 15.3 Å². The monoisotopic (exact) mass is 209 g/mol. The van der Waals surface area contributed by atoms with Crippen LogP contribution in [0.1, 0.15) is 46.0 Å². The van der Waals surface area contributed by atoms with Crippen LogP contribution >= 0.6 is 0 Å². The molecule has 0 aliphatic heterocycles. The lowest BCUT2D eigenvalue weighted by Gasteiger charge is -2.23. The van der Waals surface area contributed by atoms with Gasteiger partial charge in [-0.25, -0.2) is 4.98 Å². The predicted octanol–water partition coefficient (Wildman–Crippen LogP) is 2.02. The number of carbonyl (C=O) groups excluding carboxylic acids is 1. The molecule has 0 fully saturated rings. The van der Waals surface area contributed by atoms with Crippen LogP contribution in [0.15, 0.2) is 12.4 Å². The summed E-state index contributed by atoms with van der Waals surface area (Å²) >= 11 is 0. The molecule has 0 aromatic carbocycles. The van der Waals surface area contributed by atoms with Crippen molar-refractivity contribution in [1.82, 2.24) is 15.3 Å². The summed E-state index contributed by atoms with van der Waals surface area (Å²) in [6.45, 7) is 7.81. The number of rotatable bonds is 4. The Morgan fingerprint density at radius 1 is 1.67 bits per heavy atom. The van der Waals surface area contributed by atoms with Crippen LogP contribution in [-0.2, 0) is 4.79 Å². The largest absolute Gasteiger partial charge is 0.347 e. The molecule has 1 unspecified atom stereocenters. The van der Waals surface area contributed by atoms with Crippen LogP contribution in [0, 0.1) is 5.41 Å². The van der Waals surface area contributed by atoms with Crippen molar-refractivity contribution in [2.75, 3.05) is 0 Å². The van der Waals surface area contributed by atoms with Crippen LogP contribution in [0.4, 0.5) is 0 Å². The Bertz CT molecular complexity index is 317. The summed E-state index contributed by atoms with van der Waals surface area (Å²) in [5, 5.41) is 2.94. The molecular formula is C11H19N3O. The highest BCUT2D eigenvalue weighted by atomic mass is 16.2. The maximum absolute atomic E-state index is 11.8. The van der Waals surface area contributed by atoms with Gasteiger partial charge < -0.3 is 10.3 Å². The maximum Gasteiger partial charge on any atom is 0.226 e. The Labute approximate surface area is 90.5 Å². The van der Waals surface area contributed by atoms with Gasteiger partial charge in [-0.15, -0.1) is 0 Å². The van der Waals surface area contributed by atoms with Crippen molar-refractivity contribution in [1.29, 1.82) is 0 Å². The number of imidazole rings is 1. The van der Waals surface area contributed by atoms with Crippen LogP contribution < -0.4 is 5.32 Å². The predicted molar refractivity (Wildman–Crippen MR) is 59.2 cm³/mol. The van der Waals surface area contributed by atoms with E-state index in [9.17, 15) is 4.79 Å². The summed E-state index contributed by atoms with van der Waals surface area (Å²) in [4.78, 5) is 18.9. The lowest BCUT2D eigenvalue weighted by molar-refractivity contribution is -0.130. The van der Waals surface area contributed by atoms with Crippen molar-refractivity contribution >= 4 is 5.91 Å². The van der Waals surface area contributed by atoms with E-state index in [-0.39, 0.29) is 17.4 Å². The Morgan fingerprint density at radius 3 is 2.80 bits per heavy atom. The minimum absolute atomic E-state index is 0.0638. The molecule has 1 amide bonds. The van der Waals surface area contributed by atoms with E-state index in [4.69, 9.17) is 0 Å². The van der Waals surface area contributed by atoms with E-state index in [1.54, 1.807) is 12.4 Å². The number of hydrogen-bond donors (Lipinski definition) is 2. The van der Waals surface area contributed by atoms with Crippen LogP contribution in [0.5, 0.6) is 0 Å². The minimum Gasteiger partial charge on any atom is -0.347 e. The van der Waals surface area contributed by atoms with Crippen LogP contribution in [0.2, 0.25) is 0 Å². The van der Waals surface area contributed by atoms with E-state index in [0.29, 0.717) is 0 Å². The number of nitrogens with one attached hydrogen (secondary N) is 2. The third-order valence-electron chi connectivity index (χ3n) is 2.78. The van der Waals surface area contributed by atoms with Crippen LogP contribution in [0.25, 0.3) is 0 Å². The summed E-state index contributed by atoms with van der Waals surface area (Å²) in [5.74, 6) is 0.851. The van der Waals surface area contributed by atoms with Gasteiger partial charge in [0.1, 0.15) is 5.82 Å². The average Bonchev–Trinajstić information content (AvgIpc) is 2.70. The van der Waals surface area contributed by atoms with E-state index in [0.717, 1.165) is 12.2 Å². The smallest absolute Gasteiger partial charge is 0.226 e. The second-order valence-electron chi connectivity index (χ2n) is 4.41. The van der Waals surface area contributed by atoms with Gasteiger partial charge in [-0.3, -0.25) is 4.79 Å². The molecule has 0 saturated heterocycles. The van der Waals surface area contributed by atoms with Gasteiger partial charge in [0.05, 0.1) is 6.04 Å². The van der Waals surface area contributed by atoms with E-state index < -0.39 is 0 Å². The van der Waals surface area contributed by atoms with Gasteiger partial charge in [-0.2, -0.15) is 0 Å². The highest BCUT2D eigenvalue weighted by Gasteiger charge is 2.26. The molecule has 0 aliphatic rings. The summed E-state index contributed by atoms with van der Waals surface area (Å²) in [6.07, 6.45) is 4.26. The first-order valence-corrected chi connectivity index (χ1v) is 5.27. The Morgan fingerprint density at radius 2 is 2.33 bits per heavy atom. The third-order valence-corrected chi connectivity index (χ3v) is 2.78. The topological polar surface area (TPSA) is 57.8 Å². The quantitative estimate of drug-likeness (QED) is 0.797. The molecule has 0 bridgehead atoms. The first-order valence-electron chi connectivity index (χ1n) is 5.27. The molecule has 0 saturated carbocycles. The van der Waals surface area contributed by atoms with Crippen molar-refractivity contribution in [2.45, 2.75) is 40.2 Å². The van der Waals surface area contributed by atoms with Crippen molar-refractivity contribution in [3.8, 4) is 0 Å². The van der Waals surface area contributed by atoms with Crippen LogP contribution in [-0.4, -0.2) is 15.9 Å². The highest BCUT2D eigenvalue weighted by molar-refractivity contribution is 5.81. The Hall–Kier alpha value is -1.32. The molecule has 4 heteroatoms. The number of aromatic nitrogens is 2. The molecule has 1 aromatic heterocycles. The number of nitrogens with zero attached hydrogens (tertiary/aromatic N) is 1. The Balaban J connectivity index is 2.60. The van der Waals surface area contributed by atoms with Gasteiger partial charge in [0, 0.05) is 17.8 Å². The minimum atomic E-state index is -0.319. The number of hydrogen-bond acceptors (Lipinski definition) is 2. The van der Waals surface area contributed by atoms with Gasteiger partial charge in [-0.1, -0.05) is 20.8 Å². The zero-order chi connectivity index (χ0) is 11.5. The zero-order valence-electron chi connectivity index (χ0n) is 9.79. The molecule has 4 nitrogen and oxygen atoms in total. The summed E-state index contributed by atoms with van der Waals surface area (Å²) in [7, 11) is 0. The number of amides is 1. The molecule has 1 aromatic rings. The first-order chi connectivity index (χ1) is 6.97. The fourth-order valence-electron chi connectivity index (χ4n) is 1.14. The van der Waals surface area contributed by atoms with E-state index in [1.165, 1.54) is 0 Å². The fraction of sp³-hybridized carbons (Fsp3) is 0.636. The standard InChI is InChI=1S/C11H19N3O/c1-5-11(3,4)10(15)14-8(2)9-12-6-7-13-9/h6-8H,5H2,1-4H3,(H,12,13)(H,14,15). The van der Waals surface area contributed by atoms with Crippen molar-refractivity contribution in [3.05, 3.63) is 18.2 Å². The van der Waals surface area contributed by atoms with Gasteiger partial charge in [-0.05, 0) is 13.3 Å². The molecule has 0 radical (unpaired) electrons. The average molecular weight is 209 g/mol. The maximum atomic E-state index is 11.8. The number of carbonyl (C=O) groups is 1. The van der Waals surface area contributed by atoms with Gasteiger partial charge >= 0.3 is 0 Å². The second-order valence-corrected chi connectivity index (χ2v) is 4.41. The number of aromatic amines is 1. The summed E-state index contributed by atoms with van der Waals surface area (Å²) in [5.41, 5.74) is -0.319. The van der Waals surface area contributed by atoms with Crippen LogP contribution in [0.3, 0.4) is 0 Å². The Kier molecular flexibility index (Phi) is 3.50. The van der Waals surface area contributed by atoms with Gasteiger partial charge in [0.2, 0.25) is 5.91 Å². The zero-order valence-corrected chi connectivity index (χ0v) is 9.79. The van der Waals surface area contributed by atoms with Gasteiger partial charge in [0.15, 0.2) is 0 Å². The fourth-order valence-corrected chi connectivity index (χ4v) is 1.14. The number of H-pyrrole nitrogens is 1. The summed E-state index contributed by atoms with van der Waals surface area (Å²) < 4.78 is 0. The molecule has 15 heavy (non-hydrogen) atoms. The third kappa shape index (κ3) is 2.81. The molecule has 0 spiro atoms.